The molecular formula is C22H27NO4. The predicted octanol–water partition coefficient (Wildman–Crippen LogP) is 4.81. The van der Waals surface area contributed by atoms with Crippen LogP contribution in [0.25, 0.3) is 0 Å². The van der Waals surface area contributed by atoms with E-state index < -0.39 is 0 Å². The van der Waals surface area contributed by atoms with E-state index in [2.05, 4.69) is 5.32 Å². The highest BCUT2D eigenvalue weighted by Gasteiger charge is 2.19. The standard InChI is InChI=1S/C22H27NO4/c1-25-20-14-13-17(16-21(20)27-19-10-5-6-11-19)23-22(24)12-7-15-26-18-8-3-2-4-9-18/h2-4,8-9,13-14,16,19H,5-7,10-12,15H2,1H3,(H,23,24). The summed E-state index contributed by atoms with van der Waals surface area (Å²) in [6.07, 6.45) is 5.84. The van der Waals surface area contributed by atoms with Crippen LogP contribution in [0.5, 0.6) is 17.2 Å². The monoisotopic (exact) mass is 369 g/mol. The van der Waals surface area contributed by atoms with Gasteiger partial charge in [-0.2, -0.15) is 0 Å². The number of hydrogen-bond donors (Lipinski definition) is 1. The van der Waals surface area contributed by atoms with Gasteiger partial charge in [0.2, 0.25) is 5.91 Å². The van der Waals surface area contributed by atoms with Gasteiger partial charge >= 0.3 is 0 Å². The zero-order chi connectivity index (χ0) is 18.9. The fraction of sp³-hybridized carbons (Fsp3) is 0.409. The lowest BCUT2D eigenvalue weighted by Gasteiger charge is -2.17. The molecule has 3 rings (SSSR count). The predicted molar refractivity (Wildman–Crippen MR) is 106 cm³/mol. The third kappa shape index (κ3) is 5.91. The molecule has 0 bridgehead atoms. The van der Waals surface area contributed by atoms with Crippen molar-refractivity contribution in [2.75, 3.05) is 19.0 Å². The molecule has 0 saturated heterocycles. The van der Waals surface area contributed by atoms with E-state index >= 15 is 0 Å². The van der Waals surface area contributed by atoms with Gasteiger partial charge in [-0.1, -0.05) is 18.2 Å². The summed E-state index contributed by atoms with van der Waals surface area (Å²) in [6, 6.07) is 15.1. The minimum absolute atomic E-state index is 0.0383. The third-order valence-corrected chi connectivity index (χ3v) is 4.60. The van der Waals surface area contributed by atoms with Crippen molar-refractivity contribution in [3.63, 3.8) is 0 Å². The van der Waals surface area contributed by atoms with E-state index in [1.54, 1.807) is 7.11 Å². The fourth-order valence-corrected chi connectivity index (χ4v) is 3.20. The number of para-hydroxylation sites is 1. The van der Waals surface area contributed by atoms with Gasteiger partial charge in [0.1, 0.15) is 5.75 Å². The Morgan fingerprint density at radius 1 is 1.07 bits per heavy atom. The SMILES string of the molecule is COc1ccc(NC(=O)CCCOc2ccccc2)cc1OC1CCCC1. The van der Waals surface area contributed by atoms with Gasteiger partial charge in [-0.15, -0.1) is 0 Å². The molecule has 0 unspecified atom stereocenters. The van der Waals surface area contributed by atoms with Crippen molar-refractivity contribution in [3.05, 3.63) is 48.5 Å². The van der Waals surface area contributed by atoms with Crippen LogP contribution in [0.4, 0.5) is 5.69 Å². The Bertz CT molecular complexity index is 726. The van der Waals surface area contributed by atoms with Crippen LogP contribution < -0.4 is 19.5 Å². The molecule has 0 aromatic heterocycles. The Balaban J connectivity index is 1.47. The summed E-state index contributed by atoms with van der Waals surface area (Å²) in [6.45, 7) is 0.510. The van der Waals surface area contributed by atoms with Gasteiger partial charge in [-0.3, -0.25) is 4.79 Å². The van der Waals surface area contributed by atoms with Gasteiger partial charge in [-0.05, 0) is 56.4 Å². The number of nitrogens with one attached hydrogen (secondary N) is 1. The first-order chi connectivity index (χ1) is 13.2. The second-order valence-corrected chi connectivity index (χ2v) is 6.70. The molecule has 1 amide bonds. The third-order valence-electron chi connectivity index (χ3n) is 4.60. The van der Waals surface area contributed by atoms with Crippen LogP contribution in [0.1, 0.15) is 38.5 Å². The molecule has 0 spiro atoms. The number of carbonyl (C=O) groups excluding carboxylic acids is 1. The highest BCUT2D eigenvalue weighted by Crippen LogP contribution is 2.34. The van der Waals surface area contributed by atoms with Crippen molar-refractivity contribution in [1.82, 2.24) is 0 Å². The van der Waals surface area contributed by atoms with E-state index in [-0.39, 0.29) is 12.0 Å². The Morgan fingerprint density at radius 3 is 2.59 bits per heavy atom. The number of rotatable bonds is 9. The van der Waals surface area contributed by atoms with Crippen LogP contribution in [0.3, 0.4) is 0 Å². The largest absolute Gasteiger partial charge is 0.494 e. The second kappa shape index (κ2) is 9.86. The minimum atomic E-state index is -0.0383. The van der Waals surface area contributed by atoms with Gasteiger partial charge < -0.3 is 19.5 Å². The molecule has 1 aliphatic rings. The zero-order valence-electron chi connectivity index (χ0n) is 15.8. The van der Waals surface area contributed by atoms with Gasteiger partial charge in [0.25, 0.3) is 0 Å². The smallest absolute Gasteiger partial charge is 0.224 e. The summed E-state index contributed by atoms with van der Waals surface area (Å²) >= 11 is 0. The maximum absolute atomic E-state index is 12.2. The topological polar surface area (TPSA) is 56.8 Å². The van der Waals surface area contributed by atoms with Crippen molar-refractivity contribution in [1.29, 1.82) is 0 Å². The number of amides is 1. The number of ether oxygens (including phenoxy) is 3. The number of hydrogen-bond acceptors (Lipinski definition) is 4. The summed E-state index contributed by atoms with van der Waals surface area (Å²) in [4.78, 5) is 12.2. The number of anilines is 1. The first kappa shape index (κ1) is 19.1. The molecule has 1 saturated carbocycles. The van der Waals surface area contributed by atoms with Crippen molar-refractivity contribution in [2.24, 2.45) is 0 Å². The maximum atomic E-state index is 12.2. The van der Waals surface area contributed by atoms with Gasteiger partial charge in [0.05, 0.1) is 19.8 Å². The molecule has 0 aliphatic heterocycles. The minimum Gasteiger partial charge on any atom is -0.494 e. The van der Waals surface area contributed by atoms with E-state index in [1.165, 1.54) is 12.8 Å². The molecule has 144 valence electrons. The summed E-state index contributed by atoms with van der Waals surface area (Å²) < 4.78 is 17.1. The van der Waals surface area contributed by atoms with E-state index in [4.69, 9.17) is 14.2 Å². The Hall–Kier alpha value is -2.69. The quantitative estimate of drug-likeness (QED) is 0.644. The van der Waals surface area contributed by atoms with Crippen LogP contribution >= 0.6 is 0 Å². The van der Waals surface area contributed by atoms with E-state index in [9.17, 15) is 4.79 Å². The highest BCUT2D eigenvalue weighted by molar-refractivity contribution is 5.91. The van der Waals surface area contributed by atoms with E-state index in [0.717, 1.165) is 24.3 Å². The molecule has 0 atom stereocenters. The second-order valence-electron chi connectivity index (χ2n) is 6.70. The van der Waals surface area contributed by atoms with Crippen LogP contribution in [0.2, 0.25) is 0 Å². The first-order valence-corrected chi connectivity index (χ1v) is 9.57. The van der Waals surface area contributed by atoms with Gasteiger partial charge in [0.15, 0.2) is 11.5 Å². The average Bonchev–Trinajstić information content (AvgIpc) is 3.19. The van der Waals surface area contributed by atoms with E-state index in [1.807, 2.05) is 48.5 Å². The molecule has 1 fully saturated rings. The van der Waals surface area contributed by atoms with Crippen LogP contribution in [0, 0.1) is 0 Å². The highest BCUT2D eigenvalue weighted by atomic mass is 16.5. The lowest BCUT2D eigenvalue weighted by Crippen LogP contribution is -2.14. The average molecular weight is 369 g/mol. The Labute approximate surface area is 160 Å². The molecule has 5 nitrogen and oxygen atoms in total. The van der Waals surface area contributed by atoms with Crippen molar-refractivity contribution in [2.45, 2.75) is 44.6 Å². The molecule has 1 N–H and O–H groups in total. The summed E-state index contributed by atoms with van der Waals surface area (Å²) in [7, 11) is 1.63. The molecule has 2 aromatic rings. The number of carbonyl (C=O) groups is 1. The normalized spacial score (nSPS) is 14.0. The number of methoxy groups -OCH3 is 1. The molecule has 1 aliphatic carbocycles. The molecule has 27 heavy (non-hydrogen) atoms. The van der Waals surface area contributed by atoms with Crippen LogP contribution in [-0.4, -0.2) is 25.7 Å². The first-order valence-electron chi connectivity index (χ1n) is 9.57. The van der Waals surface area contributed by atoms with E-state index in [0.29, 0.717) is 30.9 Å². The van der Waals surface area contributed by atoms with Crippen LogP contribution in [-0.2, 0) is 4.79 Å². The molecule has 2 aromatic carbocycles. The van der Waals surface area contributed by atoms with Gasteiger partial charge in [-0.25, -0.2) is 0 Å². The Morgan fingerprint density at radius 2 is 1.85 bits per heavy atom. The van der Waals surface area contributed by atoms with Crippen molar-refractivity contribution in [3.8, 4) is 17.2 Å². The van der Waals surface area contributed by atoms with Gasteiger partial charge in [0, 0.05) is 18.2 Å². The zero-order valence-corrected chi connectivity index (χ0v) is 15.8. The van der Waals surface area contributed by atoms with Crippen LogP contribution in [0.15, 0.2) is 48.5 Å². The molecule has 0 radical (unpaired) electrons. The lowest BCUT2D eigenvalue weighted by molar-refractivity contribution is -0.116. The maximum Gasteiger partial charge on any atom is 0.224 e. The lowest BCUT2D eigenvalue weighted by atomic mass is 10.2. The van der Waals surface area contributed by atoms with Crippen molar-refractivity contribution >= 4 is 11.6 Å². The fourth-order valence-electron chi connectivity index (χ4n) is 3.20. The number of benzene rings is 2. The van der Waals surface area contributed by atoms with Crippen molar-refractivity contribution < 1.29 is 19.0 Å². The Kier molecular flexibility index (Phi) is 6.97. The molecule has 0 heterocycles. The molecular weight excluding hydrogens is 342 g/mol. The summed E-state index contributed by atoms with van der Waals surface area (Å²) in [5.41, 5.74) is 0.720. The molecule has 5 heteroatoms. The summed E-state index contributed by atoms with van der Waals surface area (Å²) in [5.74, 6) is 2.16. The summed E-state index contributed by atoms with van der Waals surface area (Å²) in [5, 5.41) is 2.93.